The number of carbonyl (C=O) groups excluding carboxylic acids is 3. The molecule has 0 bridgehead atoms. The van der Waals surface area contributed by atoms with Crippen molar-refractivity contribution in [2.24, 2.45) is 5.41 Å². The van der Waals surface area contributed by atoms with Crippen molar-refractivity contribution in [2.75, 3.05) is 10.6 Å². The number of nitrogens with one attached hydrogen (secondary N) is 2. The Kier molecular flexibility index (Phi) is 7.15. The first-order valence-electron chi connectivity index (χ1n) is 9.65. The Bertz CT molecular complexity index is 859. The molecule has 0 fully saturated rings. The fraction of sp³-hybridized carbons (Fsp3) is 0.348. The molecule has 2 aromatic carbocycles. The van der Waals surface area contributed by atoms with E-state index in [4.69, 9.17) is 0 Å². The Morgan fingerprint density at radius 1 is 0.897 bits per heavy atom. The number of benzene rings is 2. The van der Waals surface area contributed by atoms with Gasteiger partial charge in [0.15, 0.2) is 0 Å². The van der Waals surface area contributed by atoms with E-state index in [1.54, 1.807) is 43.0 Å². The van der Waals surface area contributed by atoms with Crippen molar-refractivity contribution >= 4 is 29.1 Å². The van der Waals surface area contributed by atoms with E-state index in [0.29, 0.717) is 17.9 Å². The molecule has 0 heterocycles. The molecule has 29 heavy (non-hydrogen) atoms. The molecule has 2 aromatic rings. The van der Waals surface area contributed by atoms with Gasteiger partial charge in [-0.25, -0.2) is 0 Å². The smallest absolute Gasteiger partial charge is 0.239 e. The molecule has 0 aliphatic heterocycles. The molecule has 0 aromatic heterocycles. The zero-order valence-electron chi connectivity index (χ0n) is 17.7. The monoisotopic (exact) mass is 395 g/mol. The Hall–Kier alpha value is -3.15. The molecule has 2 rings (SSSR count). The fourth-order valence-electron chi connectivity index (χ4n) is 2.85. The van der Waals surface area contributed by atoms with Gasteiger partial charge in [0.25, 0.3) is 0 Å². The minimum Gasteiger partial charge on any atom is -0.335 e. The highest BCUT2D eigenvalue weighted by molar-refractivity contribution is 6.10. The number of amides is 3. The van der Waals surface area contributed by atoms with E-state index in [1.807, 2.05) is 44.2 Å². The maximum atomic E-state index is 13.2. The minimum atomic E-state index is -1.24. The van der Waals surface area contributed by atoms with Gasteiger partial charge in [-0.1, -0.05) is 30.3 Å². The fourth-order valence-corrected chi connectivity index (χ4v) is 2.85. The third-order valence-electron chi connectivity index (χ3n) is 4.65. The van der Waals surface area contributed by atoms with Gasteiger partial charge in [-0.15, -0.1) is 0 Å². The quantitative estimate of drug-likeness (QED) is 0.694. The van der Waals surface area contributed by atoms with Crippen LogP contribution < -0.4 is 10.6 Å². The summed E-state index contributed by atoms with van der Waals surface area (Å²) in [5, 5.41) is 5.47. The Balaban J connectivity index is 2.12. The molecule has 3 amide bonds. The lowest BCUT2D eigenvalue weighted by Crippen LogP contribution is -2.49. The van der Waals surface area contributed by atoms with Gasteiger partial charge in [-0.2, -0.15) is 0 Å². The van der Waals surface area contributed by atoms with Gasteiger partial charge in [0.1, 0.15) is 5.41 Å². The third-order valence-corrected chi connectivity index (χ3v) is 4.65. The summed E-state index contributed by atoms with van der Waals surface area (Å²) in [6.45, 7) is 9.03. The molecule has 2 N–H and O–H groups in total. The highest BCUT2D eigenvalue weighted by atomic mass is 16.2. The SMILES string of the molecule is CC(=O)Nc1ccc(NC(=O)C(C)(C)C(=O)N(Cc2ccccc2)C(C)C)cc1. The van der Waals surface area contributed by atoms with Crippen LogP contribution in [-0.2, 0) is 20.9 Å². The summed E-state index contributed by atoms with van der Waals surface area (Å²) in [4.78, 5) is 39.0. The van der Waals surface area contributed by atoms with E-state index in [2.05, 4.69) is 10.6 Å². The summed E-state index contributed by atoms with van der Waals surface area (Å²) >= 11 is 0. The minimum absolute atomic E-state index is 0.0493. The number of hydrogen-bond donors (Lipinski definition) is 2. The van der Waals surface area contributed by atoms with Crippen molar-refractivity contribution in [3.8, 4) is 0 Å². The van der Waals surface area contributed by atoms with Crippen LogP contribution in [0.15, 0.2) is 54.6 Å². The molecular formula is C23H29N3O3. The van der Waals surface area contributed by atoms with Crippen molar-refractivity contribution in [3.05, 3.63) is 60.2 Å². The summed E-state index contributed by atoms with van der Waals surface area (Å²) < 4.78 is 0. The summed E-state index contributed by atoms with van der Waals surface area (Å²) in [6, 6.07) is 16.4. The van der Waals surface area contributed by atoms with Crippen LogP contribution in [0.25, 0.3) is 0 Å². The molecule has 154 valence electrons. The lowest BCUT2D eigenvalue weighted by atomic mass is 9.89. The first-order valence-corrected chi connectivity index (χ1v) is 9.65. The Morgan fingerprint density at radius 2 is 1.41 bits per heavy atom. The van der Waals surface area contributed by atoms with E-state index < -0.39 is 5.41 Å². The summed E-state index contributed by atoms with van der Waals surface area (Å²) in [6.07, 6.45) is 0. The normalized spacial score (nSPS) is 11.1. The molecule has 0 atom stereocenters. The summed E-state index contributed by atoms with van der Waals surface area (Å²) in [5.41, 5.74) is 0.971. The van der Waals surface area contributed by atoms with E-state index in [9.17, 15) is 14.4 Å². The van der Waals surface area contributed by atoms with Crippen molar-refractivity contribution in [2.45, 2.75) is 47.2 Å². The van der Waals surface area contributed by atoms with E-state index in [1.165, 1.54) is 6.92 Å². The lowest BCUT2D eigenvalue weighted by Gasteiger charge is -2.34. The highest BCUT2D eigenvalue weighted by Crippen LogP contribution is 2.25. The second kappa shape index (κ2) is 9.37. The summed E-state index contributed by atoms with van der Waals surface area (Å²) in [5.74, 6) is -0.780. The van der Waals surface area contributed by atoms with Crippen LogP contribution in [0.2, 0.25) is 0 Å². The Morgan fingerprint density at radius 3 is 1.90 bits per heavy atom. The largest absolute Gasteiger partial charge is 0.335 e. The maximum Gasteiger partial charge on any atom is 0.239 e. The van der Waals surface area contributed by atoms with Gasteiger partial charge in [0.2, 0.25) is 17.7 Å². The second-order valence-electron chi connectivity index (χ2n) is 7.85. The van der Waals surface area contributed by atoms with Crippen LogP contribution in [-0.4, -0.2) is 28.7 Å². The molecular weight excluding hydrogens is 366 g/mol. The van der Waals surface area contributed by atoms with Crippen molar-refractivity contribution < 1.29 is 14.4 Å². The van der Waals surface area contributed by atoms with Gasteiger partial charge >= 0.3 is 0 Å². The van der Waals surface area contributed by atoms with Crippen molar-refractivity contribution in [3.63, 3.8) is 0 Å². The van der Waals surface area contributed by atoms with Crippen LogP contribution >= 0.6 is 0 Å². The zero-order valence-corrected chi connectivity index (χ0v) is 17.7. The molecule has 0 saturated carbocycles. The predicted molar refractivity (Wildman–Crippen MR) is 115 cm³/mol. The molecule has 6 nitrogen and oxygen atoms in total. The number of hydrogen-bond acceptors (Lipinski definition) is 3. The molecule has 0 radical (unpaired) electrons. The average Bonchev–Trinajstić information content (AvgIpc) is 2.67. The number of carbonyl (C=O) groups is 3. The molecule has 6 heteroatoms. The van der Waals surface area contributed by atoms with Gasteiger partial charge in [-0.3, -0.25) is 14.4 Å². The van der Waals surface area contributed by atoms with E-state index in [-0.39, 0.29) is 23.8 Å². The van der Waals surface area contributed by atoms with Crippen molar-refractivity contribution in [1.82, 2.24) is 4.90 Å². The summed E-state index contributed by atoms with van der Waals surface area (Å²) in [7, 11) is 0. The van der Waals surface area contributed by atoms with E-state index in [0.717, 1.165) is 5.56 Å². The van der Waals surface area contributed by atoms with Gasteiger partial charge < -0.3 is 15.5 Å². The van der Waals surface area contributed by atoms with E-state index >= 15 is 0 Å². The van der Waals surface area contributed by atoms with Gasteiger partial charge in [0, 0.05) is 30.9 Å². The molecule has 0 aliphatic carbocycles. The van der Waals surface area contributed by atoms with Gasteiger partial charge in [0.05, 0.1) is 0 Å². The molecule has 0 unspecified atom stereocenters. The standard InChI is InChI=1S/C23H29N3O3/c1-16(2)26(15-18-9-7-6-8-10-18)22(29)23(4,5)21(28)25-20-13-11-19(12-14-20)24-17(3)27/h6-14,16H,15H2,1-5H3,(H,24,27)(H,25,28). The predicted octanol–water partition coefficient (Wildman–Crippen LogP) is 4.05. The molecule has 0 saturated heterocycles. The van der Waals surface area contributed by atoms with Crippen molar-refractivity contribution in [1.29, 1.82) is 0 Å². The first kappa shape index (κ1) is 22.1. The van der Waals surface area contributed by atoms with Crippen LogP contribution in [0.4, 0.5) is 11.4 Å². The van der Waals surface area contributed by atoms with Crippen LogP contribution in [0.5, 0.6) is 0 Å². The van der Waals surface area contributed by atoms with Crippen LogP contribution in [0, 0.1) is 5.41 Å². The maximum absolute atomic E-state index is 13.2. The highest BCUT2D eigenvalue weighted by Gasteiger charge is 2.40. The third kappa shape index (κ3) is 5.91. The lowest BCUT2D eigenvalue weighted by molar-refractivity contribution is -0.148. The van der Waals surface area contributed by atoms with Gasteiger partial charge in [-0.05, 0) is 57.5 Å². The van der Waals surface area contributed by atoms with Crippen LogP contribution in [0.3, 0.4) is 0 Å². The molecule has 0 spiro atoms. The Labute approximate surface area is 172 Å². The number of rotatable bonds is 7. The number of nitrogens with zero attached hydrogens (tertiary/aromatic N) is 1. The topological polar surface area (TPSA) is 78.5 Å². The number of anilines is 2. The first-order chi connectivity index (χ1) is 13.6. The molecule has 0 aliphatic rings. The second-order valence-corrected chi connectivity index (χ2v) is 7.85. The average molecular weight is 396 g/mol. The zero-order chi connectivity index (χ0) is 21.6. The van der Waals surface area contributed by atoms with Crippen LogP contribution in [0.1, 0.15) is 40.2 Å².